The van der Waals surface area contributed by atoms with E-state index >= 15 is 0 Å². The first kappa shape index (κ1) is 12.1. The van der Waals surface area contributed by atoms with Crippen LogP contribution in [-0.2, 0) is 4.79 Å². The molecule has 0 heterocycles. The molecule has 1 rings (SSSR count). The molecule has 3 nitrogen and oxygen atoms in total. The normalized spacial score (nSPS) is 14.5. The minimum Gasteiger partial charge on any atom is -0.481 e. The molecule has 0 radical (unpaired) electrons. The Morgan fingerprint density at radius 2 is 2.00 bits per heavy atom. The van der Waals surface area contributed by atoms with E-state index in [1.165, 1.54) is 18.7 Å². The van der Waals surface area contributed by atoms with Gasteiger partial charge in [0.15, 0.2) is 0 Å². The van der Waals surface area contributed by atoms with Crippen LogP contribution in [0.2, 0.25) is 0 Å². The molecular formula is C11H14O3S. The average molecular weight is 226 g/mol. The fraction of sp³-hybridized carbons (Fsp3) is 0.364. The Hall–Kier alpha value is -1.00. The van der Waals surface area contributed by atoms with Crippen LogP contribution in [0, 0.1) is 5.92 Å². The Labute approximate surface area is 93.1 Å². The van der Waals surface area contributed by atoms with Crippen LogP contribution in [-0.4, -0.2) is 28.0 Å². The number of aliphatic hydroxyl groups is 1. The highest BCUT2D eigenvalue weighted by Crippen LogP contribution is 2.21. The van der Waals surface area contributed by atoms with Crippen molar-refractivity contribution >= 4 is 17.7 Å². The van der Waals surface area contributed by atoms with Crippen LogP contribution in [0.1, 0.15) is 6.92 Å². The van der Waals surface area contributed by atoms with Gasteiger partial charge in [0.2, 0.25) is 0 Å². The van der Waals surface area contributed by atoms with Gasteiger partial charge in [-0.05, 0) is 19.1 Å². The lowest BCUT2D eigenvalue weighted by Crippen LogP contribution is -2.27. The Balaban J connectivity index is 2.51. The first-order valence-electron chi connectivity index (χ1n) is 4.70. The maximum Gasteiger partial charge on any atom is 0.309 e. The second-order valence-corrected chi connectivity index (χ2v) is 4.40. The molecule has 0 aromatic heterocycles. The van der Waals surface area contributed by atoms with Crippen molar-refractivity contribution in [2.45, 2.75) is 17.9 Å². The number of carbonyl (C=O) groups is 1. The standard InChI is InChI=1S/C11H14O3S/c1-8(12)10(11(13)14)7-15-9-5-3-2-4-6-9/h2-6,8,10,12H,7H2,1H3,(H,13,14). The van der Waals surface area contributed by atoms with Gasteiger partial charge in [-0.1, -0.05) is 18.2 Å². The third-order valence-corrected chi connectivity index (χ3v) is 3.20. The lowest BCUT2D eigenvalue weighted by atomic mass is 10.1. The van der Waals surface area contributed by atoms with Gasteiger partial charge in [-0.15, -0.1) is 11.8 Å². The number of carboxylic acids is 1. The molecule has 1 aromatic carbocycles. The van der Waals surface area contributed by atoms with Crippen molar-refractivity contribution < 1.29 is 15.0 Å². The van der Waals surface area contributed by atoms with E-state index < -0.39 is 18.0 Å². The molecule has 82 valence electrons. The number of aliphatic carboxylic acids is 1. The molecule has 15 heavy (non-hydrogen) atoms. The number of rotatable bonds is 5. The Morgan fingerprint density at radius 1 is 1.40 bits per heavy atom. The molecule has 0 aliphatic carbocycles. The molecule has 0 amide bonds. The summed E-state index contributed by atoms with van der Waals surface area (Å²) in [5.74, 6) is -1.28. The molecule has 0 saturated heterocycles. The first-order chi connectivity index (χ1) is 7.11. The molecule has 1 aromatic rings. The zero-order valence-corrected chi connectivity index (χ0v) is 9.28. The van der Waals surface area contributed by atoms with Crippen LogP contribution in [0.3, 0.4) is 0 Å². The third kappa shape index (κ3) is 3.93. The monoisotopic (exact) mass is 226 g/mol. The zero-order chi connectivity index (χ0) is 11.3. The summed E-state index contributed by atoms with van der Waals surface area (Å²) in [4.78, 5) is 11.8. The second kappa shape index (κ2) is 5.78. The predicted molar refractivity (Wildman–Crippen MR) is 60.0 cm³/mol. The fourth-order valence-electron chi connectivity index (χ4n) is 1.12. The topological polar surface area (TPSA) is 57.5 Å². The zero-order valence-electron chi connectivity index (χ0n) is 8.46. The molecule has 0 spiro atoms. The maximum atomic E-state index is 10.8. The smallest absolute Gasteiger partial charge is 0.309 e. The van der Waals surface area contributed by atoms with Crippen LogP contribution in [0.5, 0.6) is 0 Å². The number of hydrogen-bond donors (Lipinski definition) is 2. The lowest BCUT2D eigenvalue weighted by molar-refractivity contribution is -0.144. The molecule has 2 unspecified atom stereocenters. The van der Waals surface area contributed by atoms with E-state index in [1.54, 1.807) is 0 Å². The maximum absolute atomic E-state index is 10.8. The predicted octanol–water partition coefficient (Wildman–Crippen LogP) is 1.86. The van der Waals surface area contributed by atoms with Crippen LogP contribution in [0.25, 0.3) is 0 Å². The van der Waals surface area contributed by atoms with Gasteiger partial charge >= 0.3 is 5.97 Å². The van der Waals surface area contributed by atoms with Crippen molar-refractivity contribution in [2.24, 2.45) is 5.92 Å². The van der Waals surface area contributed by atoms with Gasteiger partial charge in [0.05, 0.1) is 12.0 Å². The van der Waals surface area contributed by atoms with E-state index in [4.69, 9.17) is 5.11 Å². The first-order valence-corrected chi connectivity index (χ1v) is 5.68. The summed E-state index contributed by atoms with van der Waals surface area (Å²) in [6.07, 6.45) is -0.821. The largest absolute Gasteiger partial charge is 0.481 e. The highest BCUT2D eigenvalue weighted by molar-refractivity contribution is 7.99. The quantitative estimate of drug-likeness (QED) is 0.752. The van der Waals surface area contributed by atoms with Gasteiger partial charge in [0.25, 0.3) is 0 Å². The van der Waals surface area contributed by atoms with Gasteiger partial charge in [-0.3, -0.25) is 4.79 Å². The van der Waals surface area contributed by atoms with Gasteiger partial charge in [-0.25, -0.2) is 0 Å². The number of thioether (sulfide) groups is 1. The van der Waals surface area contributed by atoms with E-state index in [0.717, 1.165) is 4.90 Å². The van der Waals surface area contributed by atoms with Crippen molar-refractivity contribution in [3.8, 4) is 0 Å². The van der Waals surface area contributed by atoms with E-state index in [2.05, 4.69) is 0 Å². The van der Waals surface area contributed by atoms with E-state index in [-0.39, 0.29) is 0 Å². The summed E-state index contributed by atoms with van der Waals surface area (Å²) in [5, 5.41) is 18.1. The molecular weight excluding hydrogens is 212 g/mol. The van der Waals surface area contributed by atoms with Crippen molar-refractivity contribution in [3.05, 3.63) is 30.3 Å². The minimum atomic E-state index is -0.951. The Morgan fingerprint density at radius 3 is 2.47 bits per heavy atom. The Kier molecular flexibility index (Phi) is 4.65. The van der Waals surface area contributed by atoms with Crippen LogP contribution in [0.4, 0.5) is 0 Å². The summed E-state index contributed by atoms with van der Waals surface area (Å²) in [6, 6.07) is 9.56. The SMILES string of the molecule is CC(O)C(CSc1ccccc1)C(=O)O. The molecule has 0 fully saturated rings. The minimum absolute atomic E-state index is 0.386. The molecule has 2 N–H and O–H groups in total. The van der Waals surface area contributed by atoms with Gasteiger partial charge < -0.3 is 10.2 Å². The molecule has 0 aliphatic heterocycles. The molecule has 2 atom stereocenters. The summed E-state index contributed by atoms with van der Waals surface area (Å²) in [6.45, 7) is 1.50. The third-order valence-electron chi connectivity index (χ3n) is 2.07. The summed E-state index contributed by atoms with van der Waals surface area (Å²) in [5.41, 5.74) is 0. The van der Waals surface area contributed by atoms with Crippen molar-refractivity contribution in [2.75, 3.05) is 5.75 Å². The summed E-state index contributed by atoms with van der Waals surface area (Å²) >= 11 is 1.44. The van der Waals surface area contributed by atoms with E-state index in [1.807, 2.05) is 30.3 Å². The van der Waals surface area contributed by atoms with Crippen LogP contribution in [0.15, 0.2) is 35.2 Å². The van der Waals surface area contributed by atoms with Crippen molar-refractivity contribution in [1.82, 2.24) is 0 Å². The van der Waals surface area contributed by atoms with Gasteiger partial charge in [0, 0.05) is 10.6 Å². The lowest BCUT2D eigenvalue weighted by Gasteiger charge is -2.14. The second-order valence-electron chi connectivity index (χ2n) is 3.31. The van der Waals surface area contributed by atoms with Crippen molar-refractivity contribution in [1.29, 1.82) is 0 Å². The summed E-state index contributed by atoms with van der Waals surface area (Å²) < 4.78 is 0. The molecule has 0 aliphatic rings. The van der Waals surface area contributed by atoms with Crippen LogP contribution < -0.4 is 0 Å². The van der Waals surface area contributed by atoms with Crippen LogP contribution >= 0.6 is 11.8 Å². The number of carboxylic acid groups (broad SMARTS) is 1. The number of benzene rings is 1. The molecule has 0 saturated carbocycles. The highest BCUT2D eigenvalue weighted by Gasteiger charge is 2.22. The average Bonchev–Trinajstić information content (AvgIpc) is 2.18. The van der Waals surface area contributed by atoms with Gasteiger partial charge in [0.1, 0.15) is 0 Å². The summed E-state index contributed by atoms with van der Waals surface area (Å²) in [7, 11) is 0. The Bertz CT molecular complexity index is 311. The van der Waals surface area contributed by atoms with E-state index in [0.29, 0.717) is 5.75 Å². The highest BCUT2D eigenvalue weighted by atomic mass is 32.2. The fourth-order valence-corrected chi connectivity index (χ4v) is 2.26. The molecule has 0 bridgehead atoms. The number of hydrogen-bond acceptors (Lipinski definition) is 3. The number of aliphatic hydroxyl groups excluding tert-OH is 1. The van der Waals surface area contributed by atoms with Crippen molar-refractivity contribution in [3.63, 3.8) is 0 Å². The van der Waals surface area contributed by atoms with E-state index in [9.17, 15) is 9.90 Å². The molecule has 4 heteroatoms. The van der Waals surface area contributed by atoms with Gasteiger partial charge in [-0.2, -0.15) is 0 Å².